The number of carbonyl (C=O) groups is 3. The van der Waals surface area contributed by atoms with Gasteiger partial charge in [-0.1, -0.05) is 18.2 Å². The molecule has 160 valence electrons. The number of anilines is 1. The summed E-state index contributed by atoms with van der Waals surface area (Å²) in [7, 11) is 1.58. The van der Waals surface area contributed by atoms with Gasteiger partial charge in [-0.2, -0.15) is 0 Å². The van der Waals surface area contributed by atoms with Crippen LogP contribution in [0.5, 0.6) is 5.75 Å². The van der Waals surface area contributed by atoms with Gasteiger partial charge in [0, 0.05) is 48.8 Å². The molecule has 8 nitrogen and oxygen atoms in total. The van der Waals surface area contributed by atoms with Crippen LogP contribution >= 0.6 is 0 Å². The molecule has 2 aromatic carbocycles. The normalized spacial score (nSPS) is 15.8. The lowest BCUT2D eigenvalue weighted by molar-refractivity contribution is -0.126. The van der Waals surface area contributed by atoms with Crippen molar-refractivity contribution in [2.24, 2.45) is 5.92 Å². The van der Waals surface area contributed by atoms with Crippen molar-refractivity contribution in [2.75, 3.05) is 31.6 Å². The highest BCUT2D eigenvalue weighted by molar-refractivity contribution is 6.06. The molecule has 1 aromatic heterocycles. The van der Waals surface area contributed by atoms with Crippen LogP contribution in [0.15, 0.2) is 54.7 Å². The summed E-state index contributed by atoms with van der Waals surface area (Å²) in [6.45, 7) is 0.922. The molecule has 0 unspecified atom stereocenters. The number of methoxy groups -OCH3 is 1. The van der Waals surface area contributed by atoms with Crippen molar-refractivity contribution in [2.45, 2.75) is 6.42 Å². The van der Waals surface area contributed by atoms with Crippen LogP contribution in [-0.4, -0.2) is 49.4 Å². The number of nitrogens with one attached hydrogen (secondary N) is 3. The minimum Gasteiger partial charge on any atom is -0.497 e. The molecule has 1 aliphatic heterocycles. The van der Waals surface area contributed by atoms with Crippen molar-refractivity contribution in [1.29, 1.82) is 0 Å². The number of para-hydroxylation sites is 1. The first-order chi connectivity index (χ1) is 15.1. The lowest BCUT2D eigenvalue weighted by Crippen LogP contribution is -2.38. The molecule has 1 fully saturated rings. The predicted molar refractivity (Wildman–Crippen MR) is 117 cm³/mol. The number of H-pyrrole nitrogens is 1. The quantitative estimate of drug-likeness (QED) is 0.509. The number of aromatic amines is 1. The fourth-order valence-corrected chi connectivity index (χ4v) is 3.76. The number of hydrogen-bond acceptors (Lipinski definition) is 4. The maximum atomic E-state index is 12.5. The van der Waals surface area contributed by atoms with Crippen LogP contribution in [0.3, 0.4) is 0 Å². The highest BCUT2D eigenvalue weighted by Crippen LogP contribution is 2.26. The molecule has 0 bridgehead atoms. The highest BCUT2D eigenvalue weighted by Gasteiger charge is 2.34. The molecule has 0 spiro atoms. The number of hydrogen-bond donors (Lipinski definition) is 3. The minimum atomic E-state index is -0.418. The molecule has 3 amide bonds. The average molecular weight is 420 g/mol. The topological polar surface area (TPSA) is 104 Å². The molecule has 31 heavy (non-hydrogen) atoms. The van der Waals surface area contributed by atoms with Crippen molar-refractivity contribution in [3.63, 3.8) is 0 Å². The zero-order chi connectivity index (χ0) is 21.8. The van der Waals surface area contributed by atoms with Gasteiger partial charge in [0.2, 0.25) is 11.8 Å². The summed E-state index contributed by atoms with van der Waals surface area (Å²) < 4.78 is 5.14. The summed E-state index contributed by atoms with van der Waals surface area (Å²) in [6, 6.07) is 14.7. The molecule has 1 atom stereocenters. The Morgan fingerprint density at radius 1 is 1.10 bits per heavy atom. The number of aromatic nitrogens is 1. The van der Waals surface area contributed by atoms with E-state index < -0.39 is 5.92 Å². The van der Waals surface area contributed by atoms with Crippen molar-refractivity contribution in [1.82, 2.24) is 15.6 Å². The van der Waals surface area contributed by atoms with Crippen LogP contribution in [0, 0.1) is 5.92 Å². The Morgan fingerprint density at radius 3 is 2.61 bits per heavy atom. The zero-order valence-electron chi connectivity index (χ0n) is 17.2. The van der Waals surface area contributed by atoms with E-state index >= 15 is 0 Å². The smallest absolute Gasteiger partial charge is 0.253 e. The molecule has 0 saturated carbocycles. The highest BCUT2D eigenvalue weighted by atomic mass is 16.5. The zero-order valence-corrected chi connectivity index (χ0v) is 17.2. The fraction of sp³-hybridized carbons (Fsp3) is 0.261. The van der Waals surface area contributed by atoms with Crippen molar-refractivity contribution < 1.29 is 19.1 Å². The average Bonchev–Trinajstić information content (AvgIpc) is 3.40. The Labute approximate surface area is 179 Å². The van der Waals surface area contributed by atoms with Crippen LogP contribution in [-0.2, 0) is 9.59 Å². The van der Waals surface area contributed by atoms with Crippen LogP contribution in [0.4, 0.5) is 5.69 Å². The van der Waals surface area contributed by atoms with Crippen molar-refractivity contribution in [3.05, 3.63) is 60.3 Å². The van der Waals surface area contributed by atoms with Gasteiger partial charge in [-0.15, -0.1) is 0 Å². The van der Waals surface area contributed by atoms with Gasteiger partial charge in [0.25, 0.3) is 5.91 Å². The Kier molecular flexibility index (Phi) is 5.88. The monoisotopic (exact) mass is 420 g/mol. The SMILES string of the molecule is COc1ccc(N2C[C@H](C(=O)NCCNC(=O)c3c[nH]c4ccccc34)CC2=O)cc1. The maximum absolute atomic E-state index is 12.5. The van der Waals surface area contributed by atoms with Gasteiger partial charge in [0.15, 0.2) is 0 Å². The van der Waals surface area contributed by atoms with Gasteiger partial charge in [0.1, 0.15) is 5.75 Å². The van der Waals surface area contributed by atoms with Crippen molar-refractivity contribution in [3.8, 4) is 5.75 Å². The molecule has 4 rings (SSSR count). The van der Waals surface area contributed by atoms with E-state index in [1.165, 1.54) is 0 Å². The Morgan fingerprint density at radius 2 is 1.84 bits per heavy atom. The van der Waals surface area contributed by atoms with Gasteiger partial charge in [0.05, 0.1) is 18.6 Å². The third-order valence-corrected chi connectivity index (χ3v) is 5.42. The number of nitrogens with zero attached hydrogens (tertiary/aromatic N) is 1. The molecular weight excluding hydrogens is 396 g/mol. The fourth-order valence-electron chi connectivity index (χ4n) is 3.76. The van der Waals surface area contributed by atoms with Gasteiger partial charge in [-0.3, -0.25) is 14.4 Å². The molecule has 1 aliphatic rings. The number of ether oxygens (including phenoxy) is 1. The van der Waals surface area contributed by atoms with E-state index in [1.54, 1.807) is 42.5 Å². The van der Waals surface area contributed by atoms with E-state index in [4.69, 9.17) is 4.74 Å². The summed E-state index contributed by atoms with van der Waals surface area (Å²) in [5, 5.41) is 6.48. The van der Waals surface area contributed by atoms with E-state index in [9.17, 15) is 14.4 Å². The second-order valence-electron chi connectivity index (χ2n) is 7.40. The van der Waals surface area contributed by atoms with Gasteiger partial charge in [-0.25, -0.2) is 0 Å². The summed E-state index contributed by atoms with van der Waals surface area (Å²) in [5.74, 6) is -0.185. The molecule has 0 radical (unpaired) electrons. The molecule has 3 N–H and O–H groups in total. The largest absolute Gasteiger partial charge is 0.497 e. The number of carbonyl (C=O) groups excluding carboxylic acids is 3. The van der Waals surface area contributed by atoms with Crippen molar-refractivity contribution >= 4 is 34.3 Å². The lowest BCUT2D eigenvalue weighted by Gasteiger charge is -2.17. The maximum Gasteiger partial charge on any atom is 0.253 e. The summed E-state index contributed by atoms with van der Waals surface area (Å²) in [6.07, 6.45) is 1.84. The Bertz CT molecular complexity index is 1110. The number of rotatable bonds is 7. The Balaban J connectivity index is 1.25. The molecule has 0 aliphatic carbocycles. The molecule has 1 saturated heterocycles. The lowest BCUT2D eigenvalue weighted by atomic mass is 10.1. The first-order valence-electron chi connectivity index (χ1n) is 10.1. The minimum absolute atomic E-state index is 0.0852. The first kappa shape index (κ1) is 20.5. The molecular formula is C23H24N4O4. The second-order valence-corrected chi connectivity index (χ2v) is 7.40. The van der Waals surface area contributed by atoms with Gasteiger partial charge >= 0.3 is 0 Å². The second kappa shape index (κ2) is 8.91. The van der Waals surface area contributed by atoms with E-state index in [1.807, 2.05) is 24.3 Å². The molecule has 8 heteroatoms. The van der Waals surface area contributed by atoms with Crippen LogP contribution in [0.2, 0.25) is 0 Å². The van der Waals surface area contributed by atoms with Crippen LogP contribution in [0.1, 0.15) is 16.8 Å². The number of fused-ring (bicyclic) bond motifs is 1. The molecule has 3 aromatic rings. The standard InChI is InChI=1S/C23H24N4O4/c1-31-17-8-6-16(7-9-17)27-14-15(12-21(27)28)22(29)24-10-11-25-23(30)19-13-26-20-5-3-2-4-18(19)20/h2-9,13,15,26H,10-12,14H2,1H3,(H,24,29)(H,25,30)/t15-/m1/s1. The third-order valence-electron chi connectivity index (χ3n) is 5.42. The van der Waals surface area contributed by atoms with Crippen LogP contribution < -0.4 is 20.3 Å². The summed E-state index contributed by atoms with van der Waals surface area (Å²) in [5.41, 5.74) is 2.21. The van der Waals surface area contributed by atoms with E-state index in [0.29, 0.717) is 30.9 Å². The number of amides is 3. The molecule has 2 heterocycles. The van der Waals surface area contributed by atoms with E-state index in [-0.39, 0.29) is 24.1 Å². The van der Waals surface area contributed by atoms with Gasteiger partial charge < -0.3 is 25.3 Å². The van der Waals surface area contributed by atoms with Crippen LogP contribution in [0.25, 0.3) is 10.9 Å². The third kappa shape index (κ3) is 4.37. The predicted octanol–water partition coefficient (Wildman–Crippen LogP) is 2.08. The first-order valence-corrected chi connectivity index (χ1v) is 10.1. The summed E-state index contributed by atoms with van der Waals surface area (Å²) in [4.78, 5) is 41.9. The summed E-state index contributed by atoms with van der Waals surface area (Å²) >= 11 is 0. The van der Waals surface area contributed by atoms with E-state index in [2.05, 4.69) is 15.6 Å². The van der Waals surface area contributed by atoms with E-state index in [0.717, 1.165) is 16.6 Å². The Hall–Kier alpha value is -3.81. The number of benzene rings is 2. The van der Waals surface area contributed by atoms with Gasteiger partial charge in [-0.05, 0) is 30.3 Å².